The maximum Gasteiger partial charge on any atom is 0.137 e. The molecule has 0 saturated carbocycles. The summed E-state index contributed by atoms with van der Waals surface area (Å²) >= 11 is 8.86. The molecule has 1 unspecified atom stereocenters. The van der Waals surface area contributed by atoms with Gasteiger partial charge in [-0.25, -0.2) is 4.39 Å². The fourth-order valence-corrected chi connectivity index (χ4v) is 1.29. The molecule has 1 aromatic carbocycles. The van der Waals surface area contributed by atoms with E-state index in [0.29, 0.717) is 4.47 Å². The molecular weight excluding hydrogens is 230 g/mol. The SMILES string of the molecule is CC(Cl)c1ccc(F)c(Br)c1. The fourth-order valence-electron chi connectivity index (χ4n) is 0.760. The van der Waals surface area contributed by atoms with Gasteiger partial charge >= 0.3 is 0 Å². The Balaban J connectivity index is 3.05. The highest BCUT2D eigenvalue weighted by molar-refractivity contribution is 9.10. The van der Waals surface area contributed by atoms with Gasteiger partial charge in [0, 0.05) is 0 Å². The van der Waals surface area contributed by atoms with E-state index in [1.165, 1.54) is 6.07 Å². The summed E-state index contributed by atoms with van der Waals surface area (Å²) in [7, 11) is 0. The Morgan fingerprint density at radius 2 is 2.18 bits per heavy atom. The number of benzene rings is 1. The smallest absolute Gasteiger partial charge is 0.137 e. The Labute approximate surface area is 78.5 Å². The van der Waals surface area contributed by atoms with Gasteiger partial charge in [-0.3, -0.25) is 0 Å². The van der Waals surface area contributed by atoms with Crippen molar-refractivity contribution in [1.82, 2.24) is 0 Å². The Morgan fingerprint density at radius 1 is 1.55 bits per heavy atom. The number of hydrogen-bond donors (Lipinski definition) is 0. The minimum atomic E-state index is -0.258. The van der Waals surface area contributed by atoms with Crippen LogP contribution in [0.3, 0.4) is 0 Å². The summed E-state index contributed by atoms with van der Waals surface area (Å²) in [6.07, 6.45) is 0. The minimum absolute atomic E-state index is 0.0769. The van der Waals surface area contributed by atoms with Gasteiger partial charge in [-0.2, -0.15) is 0 Å². The quantitative estimate of drug-likeness (QED) is 0.650. The van der Waals surface area contributed by atoms with E-state index in [-0.39, 0.29) is 11.2 Å². The van der Waals surface area contributed by atoms with Gasteiger partial charge < -0.3 is 0 Å². The second kappa shape index (κ2) is 3.55. The van der Waals surface area contributed by atoms with Crippen LogP contribution in [0.4, 0.5) is 4.39 Å². The highest BCUT2D eigenvalue weighted by atomic mass is 79.9. The highest BCUT2D eigenvalue weighted by Gasteiger charge is 2.03. The number of alkyl halides is 1. The van der Waals surface area contributed by atoms with Crippen molar-refractivity contribution in [2.75, 3.05) is 0 Å². The Bertz CT molecular complexity index is 260. The van der Waals surface area contributed by atoms with Crippen molar-refractivity contribution in [3.8, 4) is 0 Å². The van der Waals surface area contributed by atoms with Crippen molar-refractivity contribution in [2.45, 2.75) is 12.3 Å². The average Bonchev–Trinajstić information content (AvgIpc) is 1.94. The van der Waals surface area contributed by atoms with Crippen LogP contribution in [0.2, 0.25) is 0 Å². The summed E-state index contributed by atoms with van der Waals surface area (Å²) in [5, 5.41) is -0.0769. The lowest BCUT2D eigenvalue weighted by Crippen LogP contribution is -1.85. The zero-order valence-electron chi connectivity index (χ0n) is 5.94. The molecule has 0 aliphatic rings. The zero-order chi connectivity index (χ0) is 8.43. The second-order valence-electron chi connectivity index (χ2n) is 2.29. The minimum Gasteiger partial charge on any atom is -0.206 e. The van der Waals surface area contributed by atoms with E-state index in [1.807, 2.05) is 6.92 Å². The van der Waals surface area contributed by atoms with Gasteiger partial charge in [-0.1, -0.05) is 6.07 Å². The van der Waals surface area contributed by atoms with Gasteiger partial charge in [0.05, 0.1) is 9.85 Å². The van der Waals surface area contributed by atoms with E-state index < -0.39 is 0 Å². The van der Waals surface area contributed by atoms with Gasteiger partial charge in [0.1, 0.15) is 5.82 Å². The third-order valence-corrected chi connectivity index (χ3v) is 2.26. The molecule has 0 heterocycles. The lowest BCUT2D eigenvalue weighted by molar-refractivity contribution is 0.620. The van der Waals surface area contributed by atoms with Crippen molar-refractivity contribution < 1.29 is 4.39 Å². The van der Waals surface area contributed by atoms with Gasteiger partial charge in [0.15, 0.2) is 0 Å². The van der Waals surface area contributed by atoms with Crippen LogP contribution in [-0.4, -0.2) is 0 Å². The molecule has 0 aromatic heterocycles. The molecule has 0 spiro atoms. The molecule has 1 aromatic rings. The third-order valence-electron chi connectivity index (χ3n) is 1.40. The first-order valence-corrected chi connectivity index (χ1v) is 4.43. The fraction of sp³-hybridized carbons (Fsp3) is 0.250. The van der Waals surface area contributed by atoms with Crippen LogP contribution in [-0.2, 0) is 0 Å². The molecule has 1 atom stereocenters. The predicted molar refractivity (Wildman–Crippen MR) is 48.4 cm³/mol. The van der Waals surface area contributed by atoms with Crippen LogP contribution >= 0.6 is 27.5 Å². The standard InChI is InChI=1S/C8H7BrClF/c1-5(10)6-2-3-8(11)7(9)4-6/h2-5H,1H3. The van der Waals surface area contributed by atoms with E-state index in [1.54, 1.807) is 12.1 Å². The molecule has 0 aliphatic carbocycles. The average molecular weight is 237 g/mol. The van der Waals surface area contributed by atoms with Gasteiger partial charge in [-0.15, -0.1) is 11.6 Å². The molecule has 1 rings (SSSR count). The van der Waals surface area contributed by atoms with Gasteiger partial charge in [0.25, 0.3) is 0 Å². The van der Waals surface area contributed by atoms with Crippen molar-refractivity contribution in [3.63, 3.8) is 0 Å². The van der Waals surface area contributed by atoms with Crippen LogP contribution in [0.1, 0.15) is 17.9 Å². The molecule has 0 N–H and O–H groups in total. The molecule has 0 aliphatic heterocycles. The van der Waals surface area contributed by atoms with Crippen molar-refractivity contribution >= 4 is 27.5 Å². The maximum absolute atomic E-state index is 12.7. The monoisotopic (exact) mass is 236 g/mol. The van der Waals surface area contributed by atoms with Crippen LogP contribution in [0.5, 0.6) is 0 Å². The van der Waals surface area contributed by atoms with Crippen molar-refractivity contribution in [3.05, 3.63) is 34.1 Å². The van der Waals surface area contributed by atoms with Crippen LogP contribution in [0.15, 0.2) is 22.7 Å². The maximum atomic E-state index is 12.7. The van der Waals surface area contributed by atoms with Crippen LogP contribution in [0, 0.1) is 5.82 Å². The molecule has 60 valence electrons. The number of hydrogen-bond acceptors (Lipinski definition) is 0. The first-order valence-electron chi connectivity index (χ1n) is 3.20. The van der Waals surface area contributed by atoms with Crippen molar-refractivity contribution in [2.24, 2.45) is 0 Å². The first kappa shape index (κ1) is 9.01. The topological polar surface area (TPSA) is 0 Å². The predicted octanol–water partition coefficient (Wildman–Crippen LogP) is 3.89. The summed E-state index contributed by atoms with van der Waals surface area (Å²) in [6, 6.07) is 4.77. The Kier molecular flexibility index (Phi) is 2.90. The molecule has 0 fully saturated rings. The number of rotatable bonds is 1. The molecule has 0 nitrogen and oxygen atoms in total. The highest BCUT2D eigenvalue weighted by Crippen LogP contribution is 2.24. The Morgan fingerprint density at radius 3 is 2.64 bits per heavy atom. The van der Waals surface area contributed by atoms with E-state index >= 15 is 0 Å². The van der Waals surface area contributed by atoms with Gasteiger partial charge in [0.2, 0.25) is 0 Å². The molecule has 0 radical (unpaired) electrons. The number of halogens is 3. The van der Waals surface area contributed by atoms with E-state index in [2.05, 4.69) is 15.9 Å². The van der Waals surface area contributed by atoms with E-state index in [4.69, 9.17) is 11.6 Å². The summed E-state index contributed by atoms with van der Waals surface area (Å²) in [5.74, 6) is -0.258. The largest absolute Gasteiger partial charge is 0.206 e. The molecule has 0 bridgehead atoms. The molecule has 0 saturated heterocycles. The molecule has 11 heavy (non-hydrogen) atoms. The normalized spacial score (nSPS) is 13.1. The Hall–Kier alpha value is -0.0800. The van der Waals surface area contributed by atoms with Crippen molar-refractivity contribution in [1.29, 1.82) is 0 Å². The third kappa shape index (κ3) is 2.17. The van der Waals surface area contributed by atoms with E-state index in [0.717, 1.165) is 5.56 Å². The second-order valence-corrected chi connectivity index (χ2v) is 3.80. The lowest BCUT2D eigenvalue weighted by atomic mass is 10.2. The van der Waals surface area contributed by atoms with Gasteiger partial charge in [-0.05, 0) is 40.5 Å². The summed E-state index contributed by atoms with van der Waals surface area (Å²) in [5.41, 5.74) is 0.917. The molecule has 0 amide bonds. The lowest BCUT2D eigenvalue weighted by Gasteiger charge is -2.03. The van der Waals surface area contributed by atoms with E-state index in [9.17, 15) is 4.39 Å². The van der Waals surface area contributed by atoms with Crippen LogP contribution < -0.4 is 0 Å². The van der Waals surface area contributed by atoms with Crippen LogP contribution in [0.25, 0.3) is 0 Å². The molecule has 3 heteroatoms. The molecular formula is C8H7BrClF. The summed E-state index contributed by atoms with van der Waals surface area (Å²) in [4.78, 5) is 0. The first-order chi connectivity index (χ1) is 5.11. The zero-order valence-corrected chi connectivity index (χ0v) is 8.29. The summed E-state index contributed by atoms with van der Waals surface area (Å²) < 4.78 is 13.1. The summed E-state index contributed by atoms with van der Waals surface area (Å²) in [6.45, 7) is 1.85.